The zero-order valence-corrected chi connectivity index (χ0v) is 12.0. The van der Waals surface area contributed by atoms with E-state index in [2.05, 4.69) is 0 Å². The van der Waals surface area contributed by atoms with Crippen LogP contribution < -0.4 is 9.47 Å². The van der Waals surface area contributed by atoms with Crippen LogP contribution in [0.1, 0.15) is 15.9 Å². The zero-order valence-electron chi connectivity index (χ0n) is 11.2. The third-order valence-corrected chi connectivity index (χ3v) is 3.44. The van der Waals surface area contributed by atoms with Crippen molar-refractivity contribution in [3.63, 3.8) is 0 Å². The molecule has 112 valence electrons. The molecule has 3 rings (SSSR count). The average Bonchev–Trinajstić information content (AvgIpc) is 2.97. The van der Waals surface area contributed by atoms with Gasteiger partial charge in [0.15, 0.2) is 28.8 Å². The van der Waals surface area contributed by atoms with Crippen molar-refractivity contribution < 1.29 is 24.5 Å². The highest BCUT2D eigenvalue weighted by molar-refractivity contribution is 6.32. The molecule has 0 atom stereocenters. The Hall–Kier alpha value is -2.66. The van der Waals surface area contributed by atoms with Crippen molar-refractivity contribution in [1.82, 2.24) is 0 Å². The van der Waals surface area contributed by atoms with Crippen molar-refractivity contribution in [1.29, 1.82) is 0 Å². The van der Waals surface area contributed by atoms with Gasteiger partial charge in [0.2, 0.25) is 6.79 Å². The van der Waals surface area contributed by atoms with E-state index in [9.17, 15) is 15.0 Å². The van der Waals surface area contributed by atoms with Gasteiger partial charge >= 0.3 is 0 Å². The number of phenols is 2. The van der Waals surface area contributed by atoms with Crippen LogP contribution >= 0.6 is 11.6 Å². The van der Waals surface area contributed by atoms with Gasteiger partial charge in [-0.2, -0.15) is 0 Å². The van der Waals surface area contributed by atoms with Crippen LogP contribution in [-0.4, -0.2) is 22.8 Å². The first-order valence-electron chi connectivity index (χ1n) is 6.38. The summed E-state index contributed by atoms with van der Waals surface area (Å²) in [6, 6.07) is 7.68. The van der Waals surface area contributed by atoms with Crippen molar-refractivity contribution >= 4 is 23.5 Å². The molecule has 0 amide bonds. The molecule has 0 saturated carbocycles. The molecule has 5 nitrogen and oxygen atoms in total. The number of ketones is 1. The molecule has 0 aliphatic carbocycles. The smallest absolute Gasteiger partial charge is 0.231 e. The molecule has 1 heterocycles. The number of hydrogen-bond acceptors (Lipinski definition) is 5. The lowest BCUT2D eigenvalue weighted by atomic mass is 10.1. The summed E-state index contributed by atoms with van der Waals surface area (Å²) in [5.41, 5.74) is 0.948. The molecule has 0 fully saturated rings. The number of hydrogen-bond donors (Lipinski definition) is 2. The van der Waals surface area contributed by atoms with E-state index in [4.69, 9.17) is 21.1 Å². The van der Waals surface area contributed by atoms with E-state index < -0.39 is 0 Å². The van der Waals surface area contributed by atoms with Gasteiger partial charge in [-0.25, -0.2) is 0 Å². The number of carbonyl (C=O) groups is 1. The van der Waals surface area contributed by atoms with Gasteiger partial charge < -0.3 is 19.7 Å². The van der Waals surface area contributed by atoms with Gasteiger partial charge in [-0.1, -0.05) is 17.7 Å². The summed E-state index contributed by atoms with van der Waals surface area (Å²) in [5.74, 6) is 0.172. The monoisotopic (exact) mass is 318 g/mol. The Morgan fingerprint density at radius 3 is 2.68 bits per heavy atom. The van der Waals surface area contributed by atoms with Crippen molar-refractivity contribution in [2.24, 2.45) is 0 Å². The van der Waals surface area contributed by atoms with E-state index in [-0.39, 0.29) is 29.1 Å². The molecule has 1 aliphatic heterocycles. The number of benzene rings is 2. The van der Waals surface area contributed by atoms with Crippen molar-refractivity contribution in [2.45, 2.75) is 0 Å². The van der Waals surface area contributed by atoms with Crippen LogP contribution in [-0.2, 0) is 0 Å². The molecule has 6 heteroatoms. The molecule has 1 aliphatic rings. The molecule has 0 spiro atoms. The molecule has 2 aromatic carbocycles. The molecule has 0 unspecified atom stereocenters. The van der Waals surface area contributed by atoms with Crippen LogP contribution in [0.3, 0.4) is 0 Å². The molecular formula is C16H11ClO5. The molecular weight excluding hydrogens is 308 g/mol. The van der Waals surface area contributed by atoms with Gasteiger partial charge in [0, 0.05) is 5.56 Å². The van der Waals surface area contributed by atoms with Crippen molar-refractivity contribution in [2.75, 3.05) is 6.79 Å². The lowest BCUT2D eigenvalue weighted by Gasteiger charge is -2.02. The maximum atomic E-state index is 12.1. The minimum absolute atomic E-state index is 0.00942. The maximum absolute atomic E-state index is 12.1. The largest absolute Gasteiger partial charge is 0.504 e. The van der Waals surface area contributed by atoms with E-state index in [1.54, 1.807) is 18.2 Å². The van der Waals surface area contributed by atoms with Crippen LogP contribution in [0, 0.1) is 0 Å². The molecule has 22 heavy (non-hydrogen) atoms. The van der Waals surface area contributed by atoms with Crippen molar-refractivity contribution in [3.8, 4) is 23.0 Å². The minimum Gasteiger partial charge on any atom is -0.504 e. The number of rotatable bonds is 3. The van der Waals surface area contributed by atoms with Gasteiger partial charge in [0.05, 0.1) is 5.02 Å². The SMILES string of the molecule is O=C(/C=C/c1cc(O)c(O)c(Cl)c1)c1ccc2c(c1)OCO2. The standard InChI is InChI=1S/C16H11ClO5/c17-11-5-9(6-13(19)16(11)20)1-3-12(18)10-2-4-14-15(7-10)22-8-21-14/h1-7,19-20H,8H2/b3-1+. The normalized spacial score (nSPS) is 12.8. The molecule has 0 bridgehead atoms. The highest BCUT2D eigenvalue weighted by Crippen LogP contribution is 2.35. The van der Waals surface area contributed by atoms with Crippen molar-refractivity contribution in [3.05, 3.63) is 52.6 Å². The summed E-state index contributed by atoms with van der Waals surface area (Å²) in [5, 5.41) is 18.9. The number of halogens is 1. The first-order chi connectivity index (χ1) is 10.5. The molecule has 2 aromatic rings. The first-order valence-corrected chi connectivity index (χ1v) is 6.76. The molecule has 0 saturated heterocycles. The van der Waals surface area contributed by atoms with E-state index in [0.29, 0.717) is 22.6 Å². The number of phenolic OH excluding ortho intramolecular Hbond substituents is 2. The highest BCUT2D eigenvalue weighted by atomic mass is 35.5. The Labute approximate surface area is 131 Å². The number of aromatic hydroxyl groups is 2. The Kier molecular flexibility index (Phi) is 3.65. The van der Waals surface area contributed by atoms with Gasteiger partial charge in [-0.05, 0) is 42.0 Å². The minimum atomic E-state index is -0.388. The fraction of sp³-hybridized carbons (Fsp3) is 0.0625. The van der Waals surface area contributed by atoms with Gasteiger partial charge in [0.25, 0.3) is 0 Å². The Balaban J connectivity index is 1.82. The second kappa shape index (κ2) is 5.61. The predicted octanol–water partition coefficient (Wildman–Crippen LogP) is 3.38. The van der Waals surface area contributed by atoms with E-state index in [0.717, 1.165) is 0 Å². The van der Waals surface area contributed by atoms with Crippen LogP contribution in [0.4, 0.5) is 0 Å². The summed E-state index contributed by atoms with van der Waals surface area (Å²) in [6.45, 7) is 0.147. The van der Waals surface area contributed by atoms with Gasteiger partial charge in [-0.15, -0.1) is 0 Å². The summed E-state index contributed by atoms with van der Waals surface area (Å²) in [6.07, 6.45) is 2.84. The number of allylic oxidation sites excluding steroid dienone is 1. The predicted molar refractivity (Wildman–Crippen MR) is 80.7 cm³/mol. The highest BCUT2D eigenvalue weighted by Gasteiger charge is 2.15. The summed E-state index contributed by atoms with van der Waals surface area (Å²) >= 11 is 5.76. The summed E-state index contributed by atoms with van der Waals surface area (Å²) in [4.78, 5) is 12.1. The second-order valence-corrected chi connectivity index (χ2v) is 5.04. The van der Waals surface area contributed by atoms with E-state index in [1.807, 2.05) is 0 Å². The molecule has 2 N–H and O–H groups in total. The van der Waals surface area contributed by atoms with Gasteiger partial charge in [-0.3, -0.25) is 4.79 Å². The Morgan fingerprint density at radius 2 is 1.91 bits per heavy atom. The fourth-order valence-electron chi connectivity index (χ4n) is 2.02. The number of carbonyl (C=O) groups excluding carboxylic acids is 1. The number of fused-ring (bicyclic) bond motifs is 1. The van der Waals surface area contributed by atoms with Crippen LogP contribution in [0.25, 0.3) is 6.08 Å². The first kappa shape index (κ1) is 14.3. The maximum Gasteiger partial charge on any atom is 0.231 e. The quantitative estimate of drug-likeness (QED) is 0.515. The summed E-state index contributed by atoms with van der Waals surface area (Å²) < 4.78 is 10.4. The van der Waals surface area contributed by atoms with Gasteiger partial charge in [0.1, 0.15) is 0 Å². The Morgan fingerprint density at radius 1 is 1.14 bits per heavy atom. The Bertz CT molecular complexity index is 759. The van der Waals surface area contributed by atoms with E-state index in [1.165, 1.54) is 24.3 Å². The zero-order chi connectivity index (χ0) is 15.7. The van der Waals surface area contributed by atoms with Crippen LogP contribution in [0.5, 0.6) is 23.0 Å². The fourth-order valence-corrected chi connectivity index (χ4v) is 2.24. The second-order valence-electron chi connectivity index (χ2n) is 4.64. The lowest BCUT2D eigenvalue weighted by molar-refractivity contribution is 0.104. The molecule has 0 aromatic heterocycles. The van der Waals surface area contributed by atoms with Crippen LogP contribution in [0.15, 0.2) is 36.4 Å². The topological polar surface area (TPSA) is 76.0 Å². The number of ether oxygens (including phenoxy) is 2. The van der Waals surface area contributed by atoms with E-state index >= 15 is 0 Å². The summed E-state index contributed by atoms with van der Waals surface area (Å²) in [7, 11) is 0. The third-order valence-electron chi connectivity index (χ3n) is 3.15. The van der Waals surface area contributed by atoms with Crippen LogP contribution in [0.2, 0.25) is 5.02 Å². The lowest BCUT2D eigenvalue weighted by Crippen LogP contribution is -1.94. The average molecular weight is 319 g/mol. The molecule has 0 radical (unpaired) electrons. The third kappa shape index (κ3) is 2.71.